The van der Waals surface area contributed by atoms with Crippen LogP contribution in [0.3, 0.4) is 0 Å². The first-order valence-electron chi connectivity index (χ1n) is 9.86. The van der Waals surface area contributed by atoms with E-state index < -0.39 is 32.2 Å². The second-order valence-electron chi connectivity index (χ2n) is 6.94. The molecule has 2 aliphatic heterocycles. The number of nitro benzene ring substituents is 2. The summed E-state index contributed by atoms with van der Waals surface area (Å²) in [6, 6.07) is 5.34. The molecular formula is C20H17Cl3N2O12. The van der Waals surface area contributed by atoms with Gasteiger partial charge in [0.2, 0.25) is 13.6 Å². The molecule has 0 radical (unpaired) electrons. The lowest BCUT2D eigenvalue weighted by atomic mass is 10.1. The highest BCUT2D eigenvalue weighted by Crippen LogP contribution is 2.41. The van der Waals surface area contributed by atoms with Crippen LogP contribution < -0.4 is 18.9 Å². The van der Waals surface area contributed by atoms with Gasteiger partial charge >= 0.3 is 10.1 Å². The molecule has 37 heavy (non-hydrogen) atoms. The number of hydrogen-bond acceptors (Lipinski definition) is 12. The molecule has 0 bridgehead atoms. The Morgan fingerprint density at radius 2 is 1.19 bits per heavy atom. The van der Waals surface area contributed by atoms with Crippen molar-refractivity contribution in [3.05, 3.63) is 55.6 Å². The van der Waals surface area contributed by atoms with Crippen LogP contribution in [0, 0.1) is 20.2 Å². The molecule has 0 aliphatic carbocycles. The highest BCUT2D eigenvalue weighted by atomic mass is 35.5. The number of halogens is 3. The zero-order valence-corrected chi connectivity index (χ0v) is 21.1. The van der Waals surface area contributed by atoms with E-state index in [1.54, 1.807) is 0 Å². The summed E-state index contributed by atoms with van der Waals surface area (Å²) in [5.41, 5.74) is -0.990. The summed E-state index contributed by atoms with van der Waals surface area (Å²) >= 11 is 13.9. The van der Waals surface area contributed by atoms with Crippen molar-refractivity contribution >= 4 is 56.3 Å². The average Bonchev–Trinajstić information content (AvgIpc) is 3.45. The molecule has 4 rings (SSSR count). The molecule has 2 atom stereocenters. The monoisotopic (exact) mass is 582 g/mol. The fourth-order valence-electron chi connectivity index (χ4n) is 3.07. The Morgan fingerprint density at radius 3 is 1.54 bits per heavy atom. The van der Waals surface area contributed by atoms with Crippen molar-refractivity contribution in [2.24, 2.45) is 0 Å². The van der Waals surface area contributed by atoms with Crippen LogP contribution >= 0.6 is 34.8 Å². The van der Waals surface area contributed by atoms with Crippen molar-refractivity contribution in [3.8, 4) is 23.0 Å². The SMILES string of the molecule is CC(O)c1cc2c(cc1[N+](=O)[O-])OCO2.CC(OC(=O)Cl)c1cc2c(cc1[N+](=O)[O-])OCO2.O=C(Cl)Cl. The molecule has 2 heterocycles. The second-order valence-corrected chi connectivity index (χ2v) is 8.13. The first-order chi connectivity index (χ1) is 17.3. The summed E-state index contributed by atoms with van der Waals surface area (Å²) in [7, 11) is 0. The number of carbonyl (C=O) groups is 2. The lowest BCUT2D eigenvalue weighted by Gasteiger charge is -2.12. The van der Waals surface area contributed by atoms with Crippen molar-refractivity contribution < 1.29 is 48.2 Å². The molecule has 1 N–H and O–H groups in total. The highest BCUT2D eigenvalue weighted by molar-refractivity contribution is 6.93. The minimum atomic E-state index is -1.03. The third kappa shape index (κ3) is 8.21. The number of aliphatic hydroxyl groups excluding tert-OH is 1. The van der Waals surface area contributed by atoms with Gasteiger partial charge in [-0.2, -0.15) is 0 Å². The van der Waals surface area contributed by atoms with Crippen LogP contribution in [0.25, 0.3) is 0 Å². The smallest absolute Gasteiger partial charge is 0.404 e. The van der Waals surface area contributed by atoms with E-state index in [1.807, 2.05) is 0 Å². The zero-order valence-electron chi connectivity index (χ0n) is 18.8. The Bertz CT molecular complexity index is 1200. The maximum Gasteiger partial charge on any atom is 0.404 e. The van der Waals surface area contributed by atoms with E-state index in [0.29, 0.717) is 17.2 Å². The molecule has 0 spiro atoms. The minimum absolute atomic E-state index is 0.000381. The molecule has 200 valence electrons. The van der Waals surface area contributed by atoms with Crippen molar-refractivity contribution in [2.75, 3.05) is 13.6 Å². The van der Waals surface area contributed by atoms with E-state index in [-0.39, 0.29) is 41.8 Å². The van der Waals surface area contributed by atoms with E-state index in [4.69, 9.17) is 40.1 Å². The standard InChI is InChI=1S/C10H8ClNO6.C9H9NO5.CCl2O/c1-5(18-10(11)13)6-2-8-9(17-4-16-8)3-7(6)12(14)15;1-5(11)6-2-8-9(15-4-14-8)3-7(6)10(12)13;2-1(3)4/h2-3,5H,4H2,1H3;2-3,5,11H,4H2,1H3;. The largest absolute Gasteiger partial charge is 0.454 e. The van der Waals surface area contributed by atoms with Gasteiger partial charge in [0, 0.05) is 11.6 Å². The van der Waals surface area contributed by atoms with Gasteiger partial charge in [-0.05, 0) is 49.2 Å². The summed E-state index contributed by atoms with van der Waals surface area (Å²) in [6.45, 7) is 2.99. The van der Waals surface area contributed by atoms with Gasteiger partial charge in [0.1, 0.15) is 6.10 Å². The molecule has 2 aromatic rings. The number of ether oxygens (including phenoxy) is 5. The van der Waals surface area contributed by atoms with Crippen molar-refractivity contribution in [2.45, 2.75) is 26.1 Å². The van der Waals surface area contributed by atoms with Gasteiger partial charge in [0.15, 0.2) is 23.0 Å². The lowest BCUT2D eigenvalue weighted by molar-refractivity contribution is -0.386. The number of nitro groups is 2. The van der Waals surface area contributed by atoms with E-state index in [9.17, 15) is 30.1 Å². The number of fused-ring (bicyclic) bond motifs is 2. The lowest BCUT2D eigenvalue weighted by Crippen LogP contribution is -2.05. The van der Waals surface area contributed by atoms with E-state index in [0.717, 1.165) is 0 Å². The summed E-state index contributed by atoms with van der Waals surface area (Å²) < 4.78 is 24.1. The molecular weight excluding hydrogens is 567 g/mol. The molecule has 0 saturated carbocycles. The van der Waals surface area contributed by atoms with Crippen LogP contribution in [0.5, 0.6) is 23.0 Å². The maximum atomic E-state index is 10.9. The first kappa shape index (κ1) is 29.6. The predicted molar refractivity (Wildman–Crippen MR) is 127 cm³/mol. The van der Waals surface area contributed by atoms with Crippen LogP contribution in [0.1, 0.15) is 37.2 Å². The van der Waals surface area contributed by atoms with Crippen LogP contribution in [0.4, 0.5) is 21.0 Å². The Labute approximate surface area is 222 Å². The topological polar surface area (TPSA) is 187 Å². The van der Waals surface area contributed by atoms with Crippen molar-refractivity contribution in [3.63, 3.8) is 0 Å². The van der Waals surface area contributed by atoms with Crippen LogP contribution in [0.15, 0.2) is 24.3 Å². The third-order valence-electron chi connectivity index (χ3n) is 4.59. The van der Waals surface area contributed by atoms with Gasteiger partial charge in [-0.15, -0.1) is 0 Å². The van der Waals surface area contributed by atoms with Gasteiger partial charge in [-0.25, -0.2) is 4.79 Å². The molecule has 2 aromatic carbocycles. The van der Waals surface area contributed by atoms with Gasteiger partial charge in [0.25, 0.3) is 11.4 Å². The summed E-state index contributed by atoms with van der Waals surface area (Å²) in [6.07, 6.45) is -1.77. The second kappa shape index (κ2) is 13.1. The molecule has 0 saturated heterocycles. The number of nitrogens with zero attached hydrogens (tertiary/aromatic N) is 2. The zero-order chi connectivity index (χ0) is 27.9. The van der Waals surface area contributed by atoms with Crippen LogP contribution in [-0.2, 0) is 4.74 Å². The number of benzene rings is 2. The number of rotatable bonds is 5. The van der Waals surface area contributed by atoms with E-state index in [2.05, 4.69) is 23.2 Å². The van der Waals surface area contributed by atoms with Crippen molar-refractivity contribution in [1.82, 2.24) is 0 Å². The molecule has 0 fully saturated rings. The number of aliphatic hydroxyl groups is 1. The fourth-order valence-corrected chi connectivity index (χ4v) is 3.21. The quantitative estimate of drug-likeness (QED) is 0.256. The fraction of sp³-hybridized carbons (Fsp3) is 0.300. The van der Waals surface area contributed by atoms with Gasteiger partial charge in [-0.1, -0.05) is 0 Å². The third-order valence-corrected chi connectivity index (χ3v) is 4.68. The Hall–Kier alpha value is -3.59. The van der Waals surface area contributed by atoms with Gasteiger partial charge in [0.05, 0.1) is 39.2 Å². The number of carbonyl (C=O) groups excluding carboxylic acids is 2. The predicted octanol–water partition coefficient (Wildman–Crippen LogP) is 5.72. The average molecular weight is 584 g/mol. The maximum absolute atomic E-state index is 10.9. The molecule has 0 amide bonds. The Morgan fingerprint density at radius 1 is 0.838 bits per heavy atom. The normalized spacial score (nSPS) is 13.7. The summed E-state index contributed by atoms with van der Waals surface area (Å²) in [5.74, 6) is 1.42. The summed E-state index contributed by atoms with van der Waals surface area (Å²) in [5, 5.41) is 31.1. The highest BCUT2D eigenvalue weighted by Gasteiger charge is 2.28. The minimum Gasteiger partial charge on any atom is -0.454 e. The molecule has 0 aromatic heterocycles. The van der Waals surface area contributed by atoms with Crippen molar-refractivity contribution in [1.29, 1.82) is 0 Å². The van der Waals surface area contributed by atoms with Gasteiger partial charge < -0.3 is 28.8 Å². The van der Waals surface area contributed by atoms with E-state index in [1.165, 1.54) is 38.1 Å². The molecule has 17 heteroatoms. The summed E-state index contributed by atoms with van der Waals surface area (Å²) in [4.78, 5) is 40.2. The first-order valence-corrected chi connectivity index (χ1v) is 11.0. The molecule has 2 aliphatic rings. The van der Waals surface area contributed by atoms with Crippen LogP contribution in [0.2, 0.25) is 0 Å². The number of hydrogen-bond donors (Lipinski definition) is 1. The van der Waals surface area contributed by atoms with E-state index >= 15 is 0 Å². The van der Waals surface area contributed by atoms with Gasteiger partial charge in [-0.3, -0.25) is 25.0 Å². The Kier molecular flexibility index (Phi) is 10.5. The van der Waals surface area contributed by atoms with Crippen LogP contribution in [-0.4, -0.2) is 38.7 Å². The molecule has 2 unspecified atom stereocenters. The molecule has 14 nitrogen and oxygen atoms in total. The Balaban J connectivity index is 0.000000230.